The highest BCUT2D eigenvalue weighted by Crippen LogP contribution is 2.44. The minimum Gasteiger partial charge on any atom is -0.480 e. The number of rotatable bonds is 9. The van der Waals surface area contributed by atoms with Crippen molar-refractivity contribution in [1.82, 2.24) is 10.6 Å². The van der Waals surface area contributed by atoms with E-state index in [2.05, 4.69) is 34.9 Å². The number of alkyl carbamates (subject to hydrolysis) is 1. The first kappa shape index (κ1) is 24.8. The first-order chi connectivity index (χ1) is 16.9. The van der Waals surface area contributed by atoms with Crippen LogP contribution < -0.4 is 10.6 Å². The molecule has 0 bridgehead atoms. The van der Waals surface area contributed by atoms with E-state index in [-0.39, 0.29) is 24.9 Å². The van der Waals surface area contributed by atoms with E-state index in [4.69, 9.17) is 4.74 Å². The summed E-state index contributed by atoms with van der Waals surface area (Å²) < 4.78 is 5.76. The molecule has 1 saturated carbocycles. The number of nitrogens with one attached hydrogen (secondary N) is 2. The van der Waals surface area contributed by atoms with Gasteiger partial charge in [-0.1, -0.05) is 74.7 Å². The fourth-order valence-corrected chi connectivity index (χ4v) is 5.47. The summed E-state index contributed by atoms with van der Waals surface area (Å²) >= 11 is 0. The van der Waals surface area contributed by atoms with E-state index in [1.165, 1.54) is 11.1 Å². The van der Waals surface area contributed by atoms with Crippen molar-refractivity contribution in [3.05, 3.63) is 59.7 Å². The first-order valence-electron chi connectivity index (χ1n) is 12.6. The SMILES string of the molecule is CCC(NC(=O)CCC1(NC(=O)OCC2c3ccccc3-c3ccccc32)CCCCC1)C(=O)O. The fourth-order valence-electron chi connectivity index (χ4n) is 5.47. The van der Waals surface area contributed by atoms with Crippen LogP contribution in [0, 0.1) is 0 Å². The fraction of sp³-hybridized carbons (Fsp3) is 0.464. The number of fused-ring (bicyclic) bond motifs is 3. The number of carbonyl (C=O) groups excluding carboxylic acids is 2. The third-order valence-corrected chi connectivity index (χ3v) is 7.39. The highest BCUT2D eigenvalue weighted by molar-refractivity contribution is 5.83. The van der Waals surface area contributed by atoms with Gasteiger partial charge in [-0.3, -0.25) is 4.79 Å². The van der Waals surface area contributed by atoms with Crippen LogP contribution in [0.3, 0.4) is 0 Å². The second-order valence-corrected chi connectivity index (χ2v) is 9.66. The lowest BCUT2D eigenvalue weighted by Gasteiger charge is -2.38. The molecular weight excluding hydrogens is 444 g/mol. The van der Waals surface area contributed by atoms with Crippen LogP contribution in [0.25, 0.3) is 11.1 Å². The Bertz CT molecular complexity index is 1030. The van der Waals surface area contributed by atoms with Crippen molar-refractivity contribution in [2.75, 3.05) is 6.61 Å². The third kappa shape index (κ3) is 5.66. The number of amides is 2. The highest BCUT2D eigenvalue weighted by Gasteiger charge is 2.36. The van der Waals surface area contributed by atoms with Gasteiger partial charge < -0.3 is 20.5 Å². The van der Waals surface area contributed by atoms with Gasteiger partial charge in [0.1, 0.15) is 12.6 Å². The molecular formula is C28H34N2O5. The summed E-state index contributed by atoms with van der Waals surface area (Å²) in [6, 6.07) is 15.5. The van der Waals surface area contributed by atoms with Crippen LogP contribution >= 0.6 is 0 Å². The Labute approximate surface area is 206 Å². The smallest absolute Gasteiger partial charge is 0.407 e. The molecule has 1 atom stereocenters. The second-order valence-electron chi connectivity index (χ2n) is 9.66. The van der Waals surface area contributed by atoms with Gasteiger partial charge in [-0.25, -0.2) is 9.59 Å². The van der Waals surface area contributed by atoms with Crippen LogP contribution in [-0.4, -0.2) is 41.3 Å². The van der Waals surface area contributed by atoms with E-state index in [1.807, 2.05) is 24.3 Å². The Morgan fingerprint density at radius 2 is 1.60 bits per heavy atom. The molecule has 186 valence electrons. The van der Waals surface area contributed by atoms with Gasteiger partial charge in [-0.15, -0.1) is 0 Å². The van der Waals surface area contributed by atoms with Crippen molar-refractivity contribution in [2.24, 2.45) is 0 Å². The summed E-state index contributed by atoms with van der Waals surface area (Å²) in [6.07, 6.45) is 5.07. The van der Waals surface area contributed by atoms with Gasteiger partial charge in [-0.05, 0) is 47.9 Å². The van der Waals surface area contributed by atoms with E-state index < -0.39 is 23.6 Å². The molecule has 1 fully saturated rings. The van der Waals surface area contributed by atoms with Crippen LogP contribution in [0.15, 0.2) is 48.5 Å². The number of benzene rings is 2. The van der Waals surface area contributed by atoms with Gasteiger partial charge in [0, 0.05) is 17.9 Å². The maximum absolute atomic E-state index is 12.9. The van der Waals surface area contributed by atoms with Crippen molar-refractivity contribution in [1.29, 1.82) is 0 Å². The monoisotopic (exact) mass is 478 g/mol. The van der Waals surface area contributed by atoms with Crippen molar-refractivity contribution in [3.63, 3.8) is 0 Å². The molecule has 2 aromatic carbocycles. The molecule has 7 heteroatoms. The average Bonchev–Trinajstić information content (AvgIpc) is 3.19. The zero-order valence-electron chi connectivity index (χ0n) is 20.2. The zero-order chi connectivity index (χ0) is 24.8. The van der Waals surface area contributed by atoms with Crippen molar-refractivity contribution in [2.45, 2.75) is 75.8 Å². The lowest BCUT2D eigenvalue weighted by Crippen LogP contribution is -2.51. The maximum atomic E-state index is 12.9. The molecule has 2 amide bonds. The summed E-state index contributed by atoms with van der Waals surface area (Å²) in [6.45, 7) is 1.97. The summed E-state index contributed by atoms with van der Waals surface area (Å²) in [4.78, 5) is 36.6. The largest absolute Gasteiger partial charge is 0.480 e. The van der Waals surface area contributed by atoms with Crippen LogP contribution in [0.5, 0.6) is 0 Å². The molecule has 35 heavy (non-hydrogen) atoms. The van der Waals surface area contributed by atoms with E-state index in [0.717, 1.165) is 43.2 Å². The number of hydrogen-bond donors (Lipinski definition) is 3. The number of hydrogen-bond acceptors (Lipinski definition) is 4. The minimum atomic E-state index is -1.04. The summed E-state index contributed by atoms with van der Waals surface area (Å²) in [5.74, 6) is -1.35. The Hall–Kier alpha value is -3.35. The average molecular weight is 479 g/mol. The Morgan fingerprint density at radius 3 is 2.17 bits per heavy atom. The van der Waals surface area contributed by atoms with Gasteiger partial charge >= 0.3 is 12.1 Å². The van der Waals surface area contributed by atoms with Gasteiger partial charge in [0.25, 0.3) is 0 Å². The molecule has 4 rings (SSSR count). The number of aliphatic carboxylic acids is 1. The van der Waals surface area contributed by atoms with Crippen LogP contribution in [0.4, 0.5) is 4.79 Å². The third-order valence-electron chi connectivity index (χ3n) is 7.39. The Balaban J connectivity index is 1.38. The summed E-state index contributed by atoms with van der Waals surface area (Å²) in [7, 11) is 0. The quantitative estimate of drug-likeness (QED) is 0.471. The Morgan fingerprint density at radius 1 is 1.00 bits per heavy atom. The van der Waals surface area contributed by atoms with E-state index in [9.17, 15) is 19.5 Å². The van der Waals surface area contributed by atoms with Crippen LogP contribution in [0.2, 0.25) is 0 Å². The molecule has 2 aliphatic carbocycles. The van der Waals surface area contributed by atoms with Gasteiger partial charge in [0.2, 0.25) is 5.91 Å². The molecule has 2 aliphatic rings. The predicted octanol–water partition coefficient (Wildman–Crippen LogP) is 4.99. The summed E-state index contributed by atoms with van der Waals surface area (Å²) in [5.41, 5.74) is 4.17. The lowest BCUT2D eigenvalue weighted by molar-refractivity contribution is -0.141. The lowest BCUT2D eigenvalue weighted by atomic mass is 9.78. The van der Waals surface area contributed by atoms with Crippen molar-refractivity contribution in [3.8, 4) is 11.1 Å². The van der Waals surface area contributed by atoms with E-state index in [0.29, 0.717) is 12.8 Å². The van der Waals surface area contributed by atoms with E-state index >= 15 is 0 Å². The molecule has 0 saturated heterocycles. The molecule has 1 unspecified atom stereocenters. The first-order valence-corrected chi connectivity index (χ1v) is 12.6. The van der Waals surface area contributed by atoms with E-state index in [1.54, 1.807) is 6.92 Å². The topological polar surface area (TPSA) is 105 Å². The van der Waals surface area contributed by atoms with Gasteiger partial charge in [-0.2, -0.15) is 0 Å². The normalized spacial score (nSPS) is 17.1. The number of ether oxygens (including phenoxy) is 1. The number of carboxylic acid groups (broad SMARTS) is 1. The molecule has 3 N–H and O–H groups in total. The predicted molar refractivity (Wildman–Crippen MR) is 133 cm³/mol. The molecule has 0 spiro atoms. The second kappa shape index (κ2) is 10.9. The van der Waals surface area contributed by atoms with Crippen LogP contribution in [0.1, 0.15) is 75.3 Å². The summed E-state index contributed by atoms with van der Waals surface area (Å²) in [5, 5.41) is 14.9. The maximum Gasteiger partial charge on any atom is 0.407 e. The molecule has 0 aliphatic heterocycles. The standard InChI is InChI=1S/C28H34N2O5/c1-2-24(26(32)33)29-25(31)14-17-28(15-8-3-9-16-28)30-27(34)35-18-23-21-12-6-4-10-19(21)20-11-5-7-13-22(20)23/h4-7,10-13,23-24H,2-3,8-9,14-18H2,1H3,(H,29,31)(H,30,34)(H,32,33). The zero-order valence-corrected chi connectivity index (χ0v) is 20.2. The molecule has 0 radical (unpaired) electrons. The molecule has 2 aromatic rings. The van der Waals surface area contributed by atoms with Gasteiger partial charge in [0.05, 0.1) is 0 Å². The van der Waals surface area contributed by atoms with Crippen molar-refractivity contribution >= 4 is 18.0 Å². The Kier molecular flexibility index (Phi) is 7.73. The van der Waals surface area contributed by atoms with Gasteiger partial charge in [0.15, 0.2) is 0 Å². The minimum absolute atomic E-state index is 0.0109. The molecule has 7 nitrogen and oxygen atoms in total. The van der Waals surface area contributed by atoms with Crippen molar-refractivity contribution < 1.29 is 24.2 Å². The van der Waals surface area contributed by atoms with Crippen LogP contribution in [-0.2, 0) is 14.3 Å². The highest BCUT2D eigenvalue weighted by atomic mass is 16.5. The molecule has 0 heterocycles. The number of carbonyl (C=O) groups is 3. The molecule has 0 aromatic heterocycles. The number of carboxylic acids is 1.